The average molecular weight is 253 g/mol. The molecule has 0 aliphatic carbocycles. The molecule has 18 heavy (non-hydrogen) atoms. The highest BCUT2D eigenvalue weighted by Crippen LogP contribution is 2.18. The lowest BCUT2D eigenvalue weighted by molar-refractivity contribution is -0.149. The van der Waals surface area contributed by atoms with E-state index < -0.39 is 12.0 Å². The van der Waals surface area contributed by atoms with Gasteiger partial charge in [0.2, 0.25) is 5.91 Å². The number of carboxylic acids is 1. The molecule has 0 bridgehead atoms. The second kappa shape index (κ2) is 5.16. The lowest BCUT2D eigenvalue weighted by Gasteiger charge is -2.33. The fraction of sp³-hybridized carbons (Fsp3) is 0.636. The molecule has 0 aromatic carbocycles. The van der Waals surface area contributed by atoms with E-state index in [-0.39, 0.29) is 30.4 Å². The Morgan fingerprint density at radius 2 is 2.11 bits per heavy atom. The van der Waals surface area contributed by atoms with Crippen molar-refractivity contribution in [3.05, 3.63) is 0 Å². The van der Waals surface area contributed by atoms with Crippen LogP contribution in [0.3, 0.4) is 0 Å². The van der Waals surface area contributed by atoms with Crippen LogP contribution in [0.1, 0.15) is 32.1 Å². The van der Waals surface area contributed by atoms with Gasteiger partial charge in [-0.05, 0) is 19.3 Å². The van der Waals surface area contributed by atoms with Gasteiger partial charge in [0.25, 0.3) is 5.91 Å². The van der Waals surface area contributed by atoms with E-state index in [0.717, 1.165) is 12.8 Å². The maximum absolute atomic E-state index is 12.2. The number of hydrazone groups is 1. The predicted molar refractivity (Wildman–Crippen MR) is 61.8 cm³/mol. The lowest BCUT2D eigenvalue weighted by Crippen LogP contribution is -2.51. The zero-order valence-electron chi connectivity index (χ0n) is 9.89. The minimum atomic E-state index is -0.983. The van der Waals surface area contributed by atoms with Gasteiger partial charge in [0.05, 0.1) is 0 Å². The minimum Gasteiger partial charge on any atom is -0.480 e. The van der Waals surface area contributed by atoms with Crippen LogP contribution in [0.5, 0.6) is 0 Å². The Hall–Kier alpha value is -1.92. The first-order chi connectivity index (χ1) is 8.59. The number of piperidine rings is 1. The fourth-order valence-corrected chi connectivity index (χ4v) is 2.23. The molecule has 0 aromatic heterocycles. The standard InChI is InChI=1S/C11H15N3O4/c15-9-5-4-7(12-13-9)10(16)14-6-2-1-3-8(14)11(17)18/h8H,1-6H2,(H,13,15)(H,17,18). The molecule has 0 aromatic rings. The molecule has 0 radical (unpaired) electrons. The predicted octanol–water partition coefficient (Wildman–Crippen LogP) is -0.282. The van der Waals surface area contributed by atoms with Crippen LogP contribution in [0.25, 0.3) is 0 Å². The lowest BCUT2D eigenvalue weighted by atomic mass is 10.0. The molecule has 1 unspecified atom stereocenters. The Balaban J connectivity index is 2.11. The van der Waals surface area contributed by atoms with Gasteiger partial charge in [0, 0.05) is 19.4 Å². The summed E-state index contributed by atoms with van der Waals surface area (Å²) in [5.41, 5.74) is 2.49. The molecule has 2 amide bonds. The van der Waals surface area contributed by atoms with Crippen LogP contribution in [0.2, 0.25) is 0 Å². The second-order valence-electron chi connectivity index (χ2n) is 4.44. The number of rotatable bonds is 2. The number of carboxylic acid groups (broad SMARTS) is 1. The molecule has 98 valence electrons. The Morgan fingerprint density at radius 1 is 1.33 bits per heavy atom. The molecule has 1 atom stereocenters. The summed E-state index contributed by atoms with van der Waals surface area (Å²) in [6.45, 7) is 0.433. The van der Waals surface area contributed by atoms with Crippen LogP contribution in [-0.4, -0.2) is 46.1 Å². The van der Waals surface area contributed by atoms with E-state index in [9.17, 15) is 14.4 Å². The third kappa shape index (κ3) is 2.49. The average Bonchev–Trinajstić information content (AvgIpc) is 2.39. The number of nitrogens with zero attached hydrogens (tertiary/aromatic N) is 2. The first-order valence-electron chi connectivity index (χ1n) is 5.99. The number of aliphatic carboxylic acids is 1. The number of carbonyl (C=O) groups is 3. The molecule has 2 aliphatic heterocycles. The van der Waals surface area contributed by atoms with Crippen molar-refractivity contribution >= 4 is 23.5 Å². The van der Waals surface area contributed by atoms with Gasteiger partial charge < -0.3 is 10.0 Å². The summed E-state index contributed by atoms with van der Waals surface area (Å²) in [7, 11) is 0. The summed E-state index contributed by atoms with van der Waals surface area (Å²) in [4.78, 5) is 35.5. The maximum Gasteiger partial charge on any atom is 0.326 e. The largest absolute Gasteiger partial charge is 0.480 e. The van der Waals surface area contributed by atoms with E-state index in [1.165, 1.54) is 4.90 Å². The highest BCUT2D eigenvalue weighted by Gasteiger charge is 2.34. The van der Waals surface area contributed by atoms with E-state index in [4.69, 9.17) is 5.11 Å². The van der Waals surface area contributed by atoms with Gasteiger partial charge in [0.1, 0.15) is 11.8 Å². The Kier molecular flexibility index (Phi) is 3.59. The van der Waals surface area contributed by atoms with Crippen LogP contribution in [0.15, 0.2) is 5.10 Å². The third-order valence-electron chi connectivity index (χ3n) is 3.20. The number of hydrogen-bond acceptors (Lipinski definition) is 4. The Labute approximate surface area is 104 Å². The first-order valence-corrected chi connectivity index (χ1v) is 5.99. The third-order valence-corrected chi connectivity index (χ3v) is 3.20. The van der Waals surface area contributed by atoms with Gasteiger partial charge in [-0.1, -0.05) is 0 Å². The first kappa shape index (κ1) is 12.5. The molecule has 7 nitrogen and oxygen atoms in total. The van der Waals surface area contributed by atoms with E-state index in [2.05, 4.69) is 10.5 Å². The van der Waals surface area contributed by atoms with Crippen LogP contribution in [0.4, 0.5) is 0 Å². The molecule has 2 N–H and O–H groups in total. The fourth-order valence-electron chi connectivity index (χ4n) is 2.23. The summed E-state index contributed by atoms with van der Waals surface area (Å²) in [5, 5.41) is 12.8. The topological polar surface area (TPSA) is 99.1 Å². The van der Waals surface area contributed by atoms with Crippen molar-refractivity contribution < 1.29 is 19.5 Å². The SMILES string of the molecule is O=C1CCC(C(=O)N2CCCCC2C(=O)O)=NN1. The van der Waals surface area contributed by atoms with Crippen molar-refractivity contribution in [1.29, 1.82) is 0 Å². The van der Waals surface area contributed by atoms with Gasteiger partial charge in [0.15, 0.2) is 0 Å². The Bertz CT molecular complexity index is 419. The normalized spacial score (nSPS) is 24.2. The summed E-state index contributed by atoms with van der Waals surface area (Å²) >= 11 is 0. The molecule has 7 heteroatoms. The minimum absolute atomic E-state index is 0.218. The zero-order chi connectivity index (χ0) is 13.1. The van der Waals surface area contributed by atoms with Crippen molar-refractivity contribution in [3.8, 4) is 0 Å². The summed E-state index contributed by atoms with van der Waals surface area (Å²) < 4.78 is 0. The molecule has 2 rings (SSSR count). The van der Waals surface area contributed by atoms with Crippen LogP contribution < -0.4 is 5.43 Å². The van der Waals surface area contributed by atoms with Gasteiger partial charge in [-0.3, -0.25) is 9.59 Å². The summed E-state index contributed by atoms with van der Waals surface area (Å²) in [6.07, 6.45) is 2.57. The zero-order valence-corrected chi connectivity index (χ0v) is 9.89. The highest BCUT2D eigenvalue weighted by molar-refractivity contribution is 6.39. The number of likely N-dealkylation sites (tertiary alicyclic amines) is 1. The van der Waals surface area contributed by atoms with Crippen LogP contribution >= 0.6 is 0 Å². The Morgan fingerprint density at radius 3 is 2.72 bits per heavy atom. The molecule has 1 fully saturated rings. The van der Waals surface area contributed by atoms with Crippen molar-refractivity contribution in [1.82, 2.24) is 10.3 Å². The molecular weight excluding hydrogens is 238 g/mol. The molecule has 0 saturated carbocycles. The summed E-state index contributed by atoms with van der Waals surface area (Å²) in [5.74, 6) is -1.58. The van der Waals surface area contributed by atoms with Crippen molar-refractivity contribution in [2.45, 2.75) is 38.1 Å². The molecule has 2 aliphatic rings. The second-order valence-corrected chi connectivity index (χ2v) is 4.44. The van der Waals surface area contributed by atoms with Gasteiger partial charge in [-0.25, -0.2) is 10.2 Å². The van der Waals surface area contributed by atoms with Crippen LogP contribution in [0, 0.1) is 0 Å². The van der Waals surface area contributed by atoms with Gasteiger partial charge in [-0.2, -0.15) is 5.10 Å². The number of nitrogens with one attached hydrogen (secondary N) is 1. The molecule has 0 spiro atoms. The van der Waals surface area contributed by atoms with E-state index in [1.54, 1.807) is 0 Å². The van der Waals surface area contributed by atoms with E-state index >= 15 is 0 Å². The number of hydrogen-bond donors (Lipinski definition) is 2. The smallest absolute Gasteiger partial charge is 0.326 e. The van der Waals surface area contributed by atoms with Gasteiger partial charge in [-0.15, -0.1) is 0 Å². The van der Waals surface area contributed by atoms with Crippen molar-refractivity contribution in [2.75, 3.05) is 6.54 Å². The van der Waals surface area contributed by atoms with E-state index in [0.29, 0.717) is 13.0 Å². The molecule has 1 saturated heterocycles. The van der Waals surface area contributed by atoms with Crippen molar-refractivity contribution in [3.63, 3.8) is 0 Å². The highest BCUT2D eigenvalue weighted by atomic mass is 16.4. The number of carbonyl (C=O) groups excluding carboxylic acids is 2. The summed E-state index contributed by atoms with van der Waals surface area (Å²) in [6, 6.07) is -0.772. The monoisotopic (exact) mass is 253 g/mol. The van der Waals surface area contributed by atoms with Crippen LogP contribution in [-0.2, 0) is 14.4 Å². The van der Waals surface area contributed by atoms with Crippen molar-refractivity contribution in [2.24, 2.45) is 5.10 Å². The van der Waals surface area contributed by atoms with E-state index in [1.807, 2.05) is 0 Å². The number of amides is 2. The maximum atomic E-state index is 12.2. The van der Waals surface area contributed by atoms with Gasteiger partial charge >= 0.3 is 5.97 Å². The quantitative estimate of drug-likeness (QED) is 0.706. The molecule has 2 heterocycles. The molecular formula is C11H15N3O4.